The number of hydrogen-bond acceptors (Lipinski definition) is 1. The first-order chi connectivity index (χ1) is 7.88. The maximum absolute atomic E-state index is 12.2. The molecule has 17 heavy (non-hydrogen) atoms. The predicted octanol–water partition coefficient (Wildman–Crippen LogP) is 4.30. The second-order valence-corrected chi connectivity index (χ2v) is 4.38. The van der Waals surface area contributed by atoms with Crippen LogP contribution in [0.5, 0.6) is 0 Å². The highest BCUT2D eigenvalue weighted by atomic mass is 35.5. The Morgan fingerprint density at radius 3 is 2.71 bits per heavy atom. The average molecular weight is 281 g/mol. The van der Waals surface area contributed by atoms with E-state index >= 15 is 0 Å². The molecule has 0 aliphatic heterocycles. The molecule has 0 bridgehead atoms. The van der Waals surface area contributed by atoms with Crippen molar-refractivity contribution in [1.82, 2.24) is 9.55 Å². The van der Waals surface area contributed by atoms with E-state index in [9.17, 15) is 13.2 Å². The molecule has 1 heterocycles. The number of para-hydroxylation sites is 1. The van der Waals surface area contributed by atoms with Crippen LogP contribution in [-0.2, 0) is 6.54 Å². The number of H-pyrrole nitrogens is 1. The molecule has 2 rings (SSSR count). The van der Waals surface area contributed by atoms with Crippen LogP contribution in [0.25, 0.3) is 11.0 Å². The van der Waals surface area contributed by atoms with Crippen molar-refractivity contribution in [2.75, 3.05) is 0 Å². The van der Waals surface area contributed by atoms with E-state index in [1.54, 1.807) is 18.2 Å². The van der Waals surface area contributed by atoms with Gasteiger partial charge in [-0.05, 0) is 24.4 Å². The van der Waals surface area contributed by atoms with Gasteiger partial charge in [0.2, 0.25) is 0 Å². The van der Waals surface area contributed by atoms with Crippen molar-refractivity contribution in [2.24, 2.45) is 0 Å². The molecule has 0 fully saturated rings. The number of nitrogens with one attached hydrogen (secondary N) is 1. The number of fused-ring (bicyclic) bond motifs is 1. The predicted molar refractivity (Wildman–Crippen MR) is 62.8 cm³/mol. The first-order valence-electron chi connectivity index (χ1n) is 4.82. The van der Waals surface area contributed by atoms with Crippen LogP contribution in [0, 0.1) is 4.77 Å². The van der Waals surface area contributed by atoms with Gasteiger partial charge in [-0.2, -0.15) is 13.2 Å². The Morgan fingerprint density at radius 1 is 1.35 bits per heavy atom. The molecule has 2 nitrogen and oxygen atoms in total. The van der Waals surface area contributed by atoms with Gasteiger partial charge in [-0.15, -0.1) is 0 Å². The summed E-state index contributed by atoms with van der Waals surface area (Å²) in [6.07, 6.45) is -5.14. The topological polar surface area (TPSA) is 20.7 Å². The normalized spacial score (nSPS) is 12.2. The van der Waals surface area contributed by atoms with E-state index in [-0.39, 0.29) is 11.3 Å². The molecule has 1 aromatic heterocycles. The number of hydrogen-bond donors (Lipinski definition) is 1. The number of aryl methyl sites for hydroxylation is 1. The monoisotopic (exact) mass is 280 g/mol. The van der Waals surface area contributed by atoms with Crippen molar-refractivity contribution in [3.8, 4) is 0 Å². The van der Waals surface area contributed by atoms with Gasteiger partial charge in [0.05, 0.1) is 22.5 Å². The molecule has 0 saturated heterocycles. The second kappa shape index (κ2) is 4.34. The van der Waals surface area contributed by atoms with Gasteiger partial charge in [0.25, 0.3) is 0 Å². The second-order valence-electron chi connectivity index (χ2n) is 3.58. The lowest BCUT2D eigenvalue weighted by Crippen LogP contribution is -2.12. The molecule has 7 heteroatoms. The molecule has 0 aliphatic rings. The number of halogens is 4. The van der Waals surface area contributed by atoms with Gasteiger partial charge in [-0.3, -0.25) is 0 Å². The zero-order valence-electron chi connectivity index (χ0n) is 8.51. The fourth-order valence-corrected chi connectivity index (χ4v) is 2.20. The van der Waals surface area contributed by atoms with E-state index in [0.717, 1.165) is 0 Å². The van der Waals surface area contributed by atoms with Crippen molar-refractivity contribution in [3.63, 3.8) is 0 Å². The van der Waals surface area contributed by atoms with Crippen molar-refractivity contribution >= 4 is 34.9 Å². The highest BCUT2D eigenvalue weighted by Gasteiger charge is 2.27. The molecule has 1 aromatic carbocycles. The average Bonchev–Trinajstić information content (AvgIpc) is 2.51. The molecule has 0 spiro atoms. The molecule has 0 amide bonds. The number of benzene rings is 1. The number of nitrogens with zero attached hydrogens (tertiary/aromatic N) is 1. The lowest BCUT2D eigenvalue weighted by Gasteiger charge is -2.08. The molecule has 2 aromatic rings. The van der Waals surface area contributed by atoms with Gasteiger partial charge in [0.15, 0.2) is 4.77 Å². The number of alkyl halides is 3. The summed E-state index contributed by atoms with van der Waals surface area (Å²) >= 11 is 10.9. The molecular formula is C10H8ClF3N2S. The van der Waals surface area contributed by atoms with Gasteiger partial charge in [0, 0.05) is 6.54 Å². The Balaban J connectivity index is 2.46. The summed E-state index contributed by atoms with van der Waals surface area (Å²) in [5.41, 5.74) is 1.16. The fourth-order valence-electron chi connectivity index (χ4n) is 1.63. The fraction of sp³-hybridized carbons (Fsp3) is 0.300. The highest BCUT2D eigenvalue weighted by molar-refractivity contribution is 7.71. The van der Waals surface area contributed by atoms with Crippen LogP contribution >= 0.6 is 23.8 Å². The van der Waals surface area contributed by atoms with Crippen LogP contribution in [-0.4, -0.2) is 15.7 Å². The summed E-state index contributed by atoms with van der Waals surface area (Å²) in [7, 11) is 0. The first kappa shape index (κ1) is 12.4. The van der Waals surface area contributed by atoms with Gasteiger partial charge in [-0.1, -0.05) is 17.7 Å². The minimum absolute atomic E-state index is 0.230. The van der Waals surface area contributed by atoms with Crippen LogP contribution in [0.4, 0.5) is 13.2 Å². The summed E-state index contributed by atoms with van der Waals surface area (Å²) in [4.78, 5) is 2.83. The third-order valence-corrected chi connectivity index (χ3v) is 2.99. The summed E-state index contributed by atoms with van der Waals surface area (Å²) in [5.74, 6) is 0. The SMILES string of the molecule is FC(F)(F)CCn1c(=S)[nH]c2cccc(Cl)c21. The van der Waals surface area contributed by atoms with Gasteiger partial charge >= 0.3 is 6.18 Å². The van der Waals surface area contributed by atoms with E-state index < -0.39 is 12.6 Å². The first-order valence-corrected chi connectivity index (χ1v) is 5.61. The van der Waals surface area contributed by atoms with Gasteiger partial charge in [-0.25, -0.2) is 0 Å². The molecule has 0 unspecified atom stereocenters. The van der Waals surface area contributed by atoms with E-state index in [1.807, 2.05) is 0 Å². The Hall–Kier alpha value is -1.01. The highest BCUT2D eigenvalue weighted by Crippen LogP contribution is 2.26. The molecule has 0 saturated carbocycles. The number of aromatic nitrogens is 2. The van der Waals surface area contributed by atoms with E-state index in [1.165, 1.54) is 4.57 Å². The van der Waals surface area contributed by atoms with Crippen LogP contribution in [0.1, 0.15) is 6.42 Å². The Labute approximate surface area is 105 Å². The Morgan fingerprint density at radius 2 is 2.06 bits per heavy atom. The zero-order valence-corrected chi connectivity index (χ0v) is 10.1. The molecule has 92 valence electrons. The molecule has 0 radical (unpaired) electrons. The Bertz CT molecular complexity index is 600. The lowest BCUT2D eigenvalue weighted by molar-refractivity contribution is -0.136. The minimum atomic E-state index is -4.21. The largest absolute Gasteiger partial charge is 0.390 e. The van der Waals surface area contributed by atoms with Crippen molar-refractivity contribution < 1.29 is 13.2 Å². The van der Waals surface area contributed by atoms with Gasteiger partial charge < -0.3 is 9.55 Å². The van der Waals surface area contributed by atoms with E-state index in [4.69, 9.17) is 23.8 Å². The smallest absolute Gasteiger partial charge is 0.331 e. The number of rotatable bonds is 2. The Kier molecular flexibility index (Phi) is 3.18. The number of aromatic amines is 1. The standard InChI is InChI=1S/C10H8ClF3N2S/c11-6-2-1-3-7-8(6)16(9(17)15-7)5-4-10(12,13)14/h1-3H,4-5H2,(H,15,17). The maximum Gasteiger partial charge on any atom is 0.390 e. The summed E-state index contributed by atoms with van der Waals surface area (Å²) in [6, 6.07) is 5.06. The van der Waals surface area contributed by atoms with Crippen molar-refractivity contribution in [1.29, 1.82) is 0 Å². The minimum Gasteiger partial charge on any atom is -0.331 e. The molecule has 0 atom stereocenters. The van der Waals surface area contributed by atoms with Crippen LogP contribution in [0.2, 0.25) is 5.02 Å². The zero-order chi connectivity index (χ0) is 12.6. The van der Waals surface area contributed by atoms with Gasteiger partial charge in [0.1, 0.15) is 0 Å². The van der Waals surface area contributed by atoms with Crippen molar-refractivity contribution in [3.05, 3.63) is 28.0 Å². The van der Waals surface area contributed by atoms with Crippen molar-refractivity contribution in [2.45, 2.75) is 19.1 Å². The molecule has 1 N–H and O–H groups in total. The van der Waals surface area contributed by atoms with Crippen LogP contribution in [0.15, 0.2) is 18.2 Å². The summed E-state index contributed by atoms with van der Waals surface area (Å²) in [6.45, 7) is -0.230. The van der Waals surface area contributed by atoms with E-state index in [0.29, 0.717) is 16.1 Å². The maximum atomic E-state index is 12.2. The summed E-state index contributed by atoms with van der Waals surface area (Å²) in [5, 5.41) is 0.386. The third-order valence-electron chi connectivity index (χ3n) is 2.36. The molecule has 0 aliphatic carbocycles. The third kappa shape index (κ3) is 2.63. The summed E-state index contributed by atoms with van der Waals surface area (Å²) < 4.78 is 38.2. The lowest BCUT2D eigenvalue weighted by atomic mass is 10.3. The molecular weight excluding hydrogens is 273 g/mol. The van der Waals surface area contributed by atoms with E-state index in [2.05, 4.69) is 4.98 Å². The van der Waals surface area contributed by atoms with Crippen LogP contribution in [0.3, 0.4) is 0 Å². The number of imidazole rings is 1. The quantitative estimate of drug-likeness (QED) is 0.813. The van der Waals surface area contributed by atoms with Crippen LogP contribution < -0.4 is 0 Å².